The molecule has 2 nitrogen and oxygen atoms in total. The fraction of sp³-hybridized carbons (Fsp3) is 1.00. The van der Waals surface area contributed by atoms with E-state index in [9.17, 15) is 0 Å². The molecule has 0 saturated heterocycles. The van der Waals surface area contributed by atoms with E-state index in [1.54, 1.807) is 0 Å². The highest BCUT2D eigenvalue weighted by Crippen LogP contribution is 2.21. The van der Waals surface area contributed by atoms with Gasteiger partial charge in [-0.15, -0.1) is 0 Å². The van der Waals surface area contributed by atoms with Crippen LogP contribution in [-0.2, 0) is 9.47 Å². The Kier molecular flexibility index (Phi) is 8.72. The molecule has 1 unspecified atom stereocenters. The van der Waals surface area contributed by atoms with E-state index >= 15 is 0 Å². The Bertz CT molecular complexity index is 164. The summed E-state index contributed by atoms with van der Waals surface area (Å²) in [6.07, 6.45) is 12.5. The lowest BCUT2D eigenvalue weighted by atomic mass is 9.98. The second kappa shape index (κ2) is 9.90. The predicted molar refractivity (Wildman–Crippen MR) is 72.4 cm³/mol. The molecule has 1 atom stereocenters. The van der Waals surface area contributed by atoms with Crippen molar-refractivity contribution in [2.75, 3.05) is 13.2 Å². The first-order valence-corrected chi connectivity index (χ1v) is 7.56. The van der Waals surface area contributed by atoms with Gasteiger partial charge in [0.05, 0.1) is 18.8 Å². The number of unbranched alkanes of at least 4 members (excludes halogenated alkanes) is 3. The SMILES string of the molecule is CCCCCCOCC(C)OC1CCCCC1. The van der Waals surface area contributed by atoms with Crippen LogP contribution in [0.3, 0.4) is 0 Å². The second-order valence-corrected chi connectivity index (χ2v) is 5.34. The van der Waals surface area contributed by atoms with Gasteiger partial charge in [0.1, 0.15) is 0 Å². The summed E-state index contributed by atoms with van der Waals surface area (Å²) in [6.45, 7) is 6.04. The van der Waals surface area contributed by atoms with Crippen LogP contribution in [0, 0.1) is 0 Å². The van der Waals surface area contributed by atoms with E-state index in [4.69, 9.17) is 9.47 Å². The minimum Gasteiger partial charge on any atom is -0.379 e. The molecule has 0 aromatic carbocycles. The Morgan fingerprint density at radius 3 is 2.53 bits per heavy atom. The molecule has 0 aromatic heterocycles. The maximum absolute atomic E-state index is 5.99. The lowest BCUT2D eigenvalue weighted by Gasteiger charge is -2.25. The van der Waals surface area contributed by atoms with Gasteiger partial charge in [0, 0.05) is 6.61 Å². The van der Waals surface area contributed by atoms with Crippen molar-refractivity contribution < 1.29 is 9.47 Å². The highest BCUT2D eigenvalue weighted by atomic mass is 16.5. The van der Waals surface area contributed by atoms with Crippen molar-refractivity contribution >= 4 is 0 Å². The first kappa shape index (κ1) is 15.0. The van der Waals surface area contributed by atoms with E-state index in [-0.39, 0.29) is 6.10 Å². The average Bonchev–Trinajstić information content (AvgIpc) is 2.35. The molecule has 0 bridgehead atoms. The van der Waals surface area contributed by atoms with E-state index < -0.39 is 0 Å². The third-order valence-electron chi connectivity index (χ3n) is 3.47. The maximum atomic E-state index is 5.99. The largest absolute Gasteiger partial charge is 0.379 e. The molecule has 17 heavy (non-hydrogen) atoms. The topological polar surface area (TPSA) is 18.5 Å². The average molecular weight is 242 g/mol. The van der Waals surface area contributed by atoms with Gasteiger partial charge >= 0.3 is 0 Å². The van der Waals surface area contributed by atoms with Crippen molar-refractivity contribution in [2.45, 2.75) is 83.8 Å². The van der Waals surface area contributed by atoms with Gasteiger partial charge in [-0.25, -0.2) is 0 Å². The zero-order valence-corrected chi connectivity index (χ0v) is 11.7. The van der Waals surface area contributed by atoms with Crippen LogP contribution in [0.1, 0.15) is 71.6 Å². The Labute approximate surface area is 107 Å². The van der Waals surface area contributed by atoms with Gasteiger partial charge in [-0.2, -0.15) is 0 Å². The number of hydrogen-bond donors (Lipinski definition) is 0. The van der Waals surface area contributed by atoms with Crippen LogP contribution in [-0.4, -0.2) is 25.4 Å². The van der Waals surface area contributed by atoms with Gasteiger partial charge in [0.15, 0.2) is 0 Å². The van der Waals surface area contributed by atoms with Gasteiger partial charge in [-0.1, -0.05) is 45.4 Å². The molecule has 0 aromatic rings. The second-order valence-electron chi connectivity index (χ2n) is 5.34. The van der Waals surface area contributed by atoms with Gasteiger partial charge < -0.3 is 9.47 Å². The summed E-state index contributed by atoms with van der Waals surface area (Å²) in [5, 5.41) is 0. The van der Waals surface area contributed by atoms with E-state index in [0.29, 0.717) is 6.10 Å². The monoisotopic (exact) mass is 242 g/mol. The van der Waals surface area contributed by atoms with E-state index in [1.807, 2.05) is 0 Å². The van der Waals surface area contributed by atoms with E-state index in [1.165, 1.54) is 57.8 Å². The van der Waals surface area contributed by atoms with E-state index in [2.05, 4.69) is 13.8 Å². The molecule has 2 heteroatoms. The quantitative estimate of drug-likeness (QED) is 0.561. The molecule has 0 amide bonds. The zero-order valence-electron chi connectivity index (χ0n) is 11.7. The molecule has 0 aliphatic heterocycles. The van der Waals surface area contributed by atoms with Crippen molar-refractivity contribution in [3.63, 3.8) is 0 Å². The molecule has 1 aliphatic rings. The molecular weight excluding hydrogens is 212 g/mol. The lowest BCUT2D eigenvalue weighted by molar-refractivity contribution is -0.0602. The summed E-state index contributed by atoms with van der Waals surface area (Å²) < 4.78 is 11.7. The van der Waals surface area contributed by atoms with Crippen LogP contribution in [0.25, 0.3) is 0 Å². The van der Waals surface area contributed by atoms with Gasteiger partial charge in [0.2, 0.25) is 0 Å². The molecule has 1 fully saturated rings. The van der Waals surface area contributed by atoms with Gasteiger partial charge in [-0.3, -0.25) is 0 Å². The smallest absolute Gasteiger partial charge is 0.0784 e. The van der Waals surface area contributed by atoms with Crippen molar-refractivity contribution in [2.24, 2.45) is 0 Å². The predicted octanol–water partition coefficient (Wildman–Crippen LogP) is 4.32. The van der Waals surface area contributed by atoms with Crippen molar-refractivity contribution in [3.05, 3.63) is 0 Å². The summed E-state index contributed by atoms with van der Waals surface area (Å²) in [6, 6.07) is 0. The Morgan fingerprint density at radius 1 is 1.06 bits per heavy atom. The molecule has 0 spiro atoms. The molecule has 1 aliphatic carbocycles. The zero-order chi connectivity index (χ0) is 12.3. The summed E-state index contributed by atoms with van der Waals surface area (Å²) in [5.41, 5.74) is 0. The third kappa shape index (κ3) is 7.77. The van der Waals surface area contributed by atoms with Crippen LogP contribution >= 0.6 is 0 Å². The van der Waals surface area contributed by atoms with Crippen molar-refractivity contribution in [3.8, 4) is 0 Å². The number of rotatable bonds is 9. The third-order valence-corrected chi connectivity index (χ3v) is 3.47. The first-order chi connectivity index (χ1) is 8.33. The Balaban J connectivity index is 1.91. The summed E-state index contributed by atoms with van der Waals surface area (Å²) in [7, 11) is 0. The molecule has 0 heterocycles. The number of hydrogen-bond acceptors (Lipinski definition) is 2. The maximum Gasteiger partial charge on any atom is 0.0784 e. The van der Waals surface area contributed by atoms with Gasteiger partial charge in [-0.05, 0) is 26.2 Å². The van der Waals surface area contributed by atoms with Crippen LogP contribution in [0.2, 0.25) is 0 Å². The molecule has 1 saturated carbocycles. The van der Waals surface area contributed by atoms with Crippen LogP contribution < -0.4 is 0 Å². The fourth-order valence-electron chi connectivity index (χ4n) is 2.45. The first-order valence-electron chi connectivity index (χ1n) is 7.56. The highest BCUT2D eigenvalue weighted by Gasteiger charge is 2.16. The molecule has 1 rings (SSSR count). The minimum atomic E-state index is 0.268. The fourth-order valence-corrected chi connectivity index (χ4v) is 2.45. The standard InChI is InChI=1S/C15H30O2/c1-3-4-5-9-12-16-13-14(2)17-15-10-7-6-8-11-15/h14-15H,3-13H2,1-2H3. The Hall–Kier alpha value is -0.0800. The van der Waals surface area contributed by atoms with Gasteiger partial charge in [0.25, 0.3) is 0 Å². The normalized spacial score (nSPS) is 19.4. The summed E-state index contributed by atoms with van der Waals surface area (Å²) >= 11 is 0. The van der Waals surface area contributed by atoms with Crippen LogP contribution in [0.4, 0.5) is 0 Å². The number of ether oxygens (including phenoxy) is 2. The summed E-state index contributed by atoms with van der Waals surface area (Å²) in [5.74, 6) is 0. The Morgan fingerprint density at radius 2 is 1.82 bits per heavy atom. The van der Waals surface area contributed by atoms with Crippen molar-refractivity contribution in [1.82, 2.24) is 0 Å². The van der Waals surface area contributed by atoms with Crippen LogP contribution in [0.5, 0.6) is 0 Å². The van der Waals surface area contributed by atoms with Crippen molar-refractivity contribution in [1.29, 1.82) is 0 Å². The molecule has 0 radical (unpaired) electrons. The highest BCUT2D eigenvalue weighted by molar-refractivity contribution is 4.66. The summed E-state index contributed by atoms with van der Waals surface area (Å²) in [4.78, 5) is 0. The lowest BCUT2D eigenvalue weighted by Crippen LogP contribution is -2.25. The van der Waals surface area contributed by atoms with Crippen LogP contribution in [0.15, 0.2) is 0 Å². The minimum absolute atomic E-state index is 0.268. The molecule has 102 valence electrons. The van der Waals surface area contributed by atoms with E-state index in [0.717, 1.165) is 13.2 Å². The molecule has 0 N–H and O–H groups in total. The molecular formula is C15H30O2.